The minimum Gasteiger partial charge on any atom is -0.336 e. The molecule has 3 heteroatoms. The Morgan fingerprint density at radius 1 is 1.40 bits per heavy atom. The molecule has 0 radical (unpaired) electrons. The smallest absolute Gasteiger partial charge is 0.228 e. The number of piperazine rings is 1. The van der Waals surface area contributed by atoms with Crippen LogP contribution in [0.25, 0.3) is 0 Å². The lowest BCUT2D eigenvalue weighted by Crippen LogP contribution is -2.55. The van der Waals surface area contributed by atoms with Gasteiger partial charge in [-0.2, -0.15) is 0 Å². The van der Waals surface area contributed by atoms with Crippen LogP contribution in [0, 0.1) is 12.3 Å². The highest BCUT2D eigenvalue weighted by molar-refractivity contribution is 5.85. The average Bonchev–Trinajstić information content (AvgIpc) is 3.18. The quantitative estimate of drug-likeness (QED) is 0.897. The molecule has 2 aliphatic rings. The molecule has 1 N–H and O–H groups in total. The third-order valence-corrected chi connectivity index (χ3v) is 4.79. The van der Waals surface area contributed by atoms with Crippen LogP contribution in [0.15, 0.2) is 24.3 Å². The zero-order valence-electron chi connectivity index (χ0n) is 12.6. The molecule has 2 fully saturated rings. The molecule has 3 rings (SSSR count). The molecule has 0 bridgehead atoms. The number of amides is 1. The molecule has 1 heterocycles. The van der Waals surface area contributed by atoms with Crippen molar-refractivity contribution in [3.63, 3.8) is 0 Å². The van der Waals surface area contributed by atoms with Gasteiger partial charge in [0, 0.05) is 30.6 Å². The highest BCUT2D eigenvalue weighted by Crippen LogP contribution is 2.47. The lowest BCUT2D eigenvalue weighted by Gasteiger charge is -2.40. The van der Waals surface area contributed by atoms with Gasteiger partial charge in [-0.25, -0.2) is 0 Å². The summed E-state index contributed by atoms with van der Waals surface area (Å²) in [7, 11) is 0. The molecule has 1 saturated heterocycles. The summed E-state index contributed by atoms with van der Waals surface area (Å²) in [5.41, 5.74) is 2.49. The van der Waals surface area contributed by atoms with Gasteiger partial charge in [0.2, 0.25) is 5.91 Å². The normalized spacial score (nSPS) is 28.2. The molecule has 1 aromatic rings. The summed E-state index contributed by atoms with van der Waals surface area (Å²) >= 11 is 0. The van der Waals surface area contributed by atoms with Gasteiger partial charge in [0.25, 0.3) is 0 Å². The van der Waals surface area contributed by atoms with E-state index in [1.807, 2.05) is 0 Å². The molecule has 1 amide bonds. The van der Waals surface area contributed by atoms with E-state index in [9.17, 15) is 4.79 Å². The van der Waals surface area contributed by atoms with Gasteiger partial charge in [-0.3, -0.25) is 4.79 Å². The third-order valence-electron chi connectivity index (χ3n) is 4.79. The van der Waals surface area contributed by atoms with Gasteiger partial charge in [0.05, 0.1) is 0 Å². The summed E-state index contributed by atoms with van der Waals surface area (Å²) in [5, 5.41) is 3.58. The summed E-state index contributed by atoms with van der Waals surface area (Å²) < 4.78 is 0. The van der Waals surface area contributed by atoms with Crippen molar-refractivity contribution in [2.24, 2.45) is 5.41 Å². The fourth-order valence-corrected chi connectivity index (χ4v) is 3.01. The van der Waals surface area contributed by atoms with Gasteiger partial charge in [0.1, 0.15) is 0 Å². The van der Waals surface area contributed by atoms with E-state index in [1.165, 1.54) is 11.1 Å². The first-order chi connectivity index (χ1) is 9.49. The lowest BCUT2D eigenvalue weighted by molar-refractivity contribution is -0.140. The number of benzene rings is 1. The van der Waals surface area contributed by atoms with Gasteiger partial charge in [-0.05, 0) is 32.3 Å². The van der Waals surface area contributed by atoms with Gasteiger partial charge >= 0.3 is 0 Å². The number of hydrogen-bond acceptors (Lipinski definition) is 2. The first-order valence-corrected chi connectivity index (χ1v) is 7.61. The first-order valence-electron chi connectivity index (χ1n) is 7.61. The Bertz CT molecular complexity index is 521. The van der Waals surface area contributed by atoms with Crippen molar-refractivity contribution < 1.29 is 4.79 Å². The van der Waals surface area contributed by atoms with Crippen LogP contribution in [-0.4, -0.2) is 29.9 Å². The van der Waals surface area contributed by atoms with Crippen molar-refractivity contribution in [1.82, 2.24) is 10.2 Å². The summed E-state index contributed by atoms with van der Waals surface area (Å²) in [6, 6.07) is 9.14. The number of carbonyl (C=O) groups is 1. The molecule has 1 aromatic carbocycles. The molecule has 1 aliphatic heterocycles. The lowest BCUT2D eigenvalue weighted by atomic mass is 9.98. The zero-order chi connectivity index (χ0) is 14.3. The van der Waals surface area contributed by atoms with E-state index in [2.05, 4.69) is 55.3 Å². The molecule has 2 atom stereocenters. The summed E-state index contributed by atoms with van der Waals surface area (Å²) in [4.78, 5) is 14.7. The number of rotatable bonds is 2. The Kier molecular flexibility index (Phi) is 3.33. The minimum atomic E-state index is -0.0667. The molecular weight excluding hydrogens is 248 g/mol. The first kappa shape index (κ1) is 13.6. The van der Waals surface area contributed by atoms with Crippen LogP contribution in [0.4, 0.5) is 0 Å². The van der Waals surface area contributed by atoms with Crippen molar-refractivity contribution in [1.29, 1.82) is 0 Å². The monoisotopic (exact) mass is 272 g/mol. The molecule has 1 unspecified atom stereocenters. The topological polar surface area (TPSA) is 32.3 Å². The van der Waals surface area contributed by atoms with Crippen molar-refractivity contribution >= 4 is 5.91 Å². The maximum absolute atomic E-state index is 12.6. The van der Waals surface area contributed by atoms with Crippen LogP contribution in [0.3, 0.4) is 0 Å². The molecule has 0 aromatic heterocycles. The number of carbonyl (C=O) groups excluding carboxylic acids is 1. The SMILES string of the molecule is Cc1cccc(C2CN(C(=O)C3(C)CC3)[C@H](C)CN2)c1. The second-order valence-electron chi connectivity index (χ2n) is 6.74. The average molecular weight is 272 g/mol. The second kappa shape index (κ2) is 4.88. The summed E-state index contributed by atoms with van der Waals surface area (Å²) in [6.07, 6.45) is 2.11. The maximum atomic E-state index is 12.6. The summed E-state index contributed by atoms with van der Waals surface area (Å²) in [5.74, 6) is 0.351. The molecule has 0 spiro atoms. The minimum absolute atomic E-state index is 0.0667. The fourth-order valence-electron chi connectivity index (χ4n) is 3.01. The largest absolute Gasteiger partial charge is 0.336 e. The van der Waals surface area contributed by atoms with Crippen LogP contribution in [0.1, 0.15) is 43.9 Å². The predicted molar refractivity (Wildman–Crippen MR) is 80.4 cm³/mol. The van der Waals surface area contributed by atoms with Gasteiger partial charge in [-0.1, -0.05) is 36.8 Å². The van der Waals surface area contributed by atoms with Crippen LogP contribution < -0.4 is 5.32 Å². The molecule has 1 aliphatic carbocycles. The predicted octanol–water partition coefficient (Wildman–Crippen LogP) is 2.66. The van der Waals surface area contributed by atoms with E-state index in [0.29, 0.717) is 11.9 Å². The van der Waals surface area contributed by atoms with Crippen LogP contribution in [0.2, 0.25) is 0 Å². The van der Waals surface area contributed by atoms with E-state index in [0.717, 1.165) is 25.9 Å². The summed E-state index contributed by atoms with van der Waals surface area (Å²) in [6.45, 7) is 8.03. The van der Waals surface area contributed by atoms with Crippen molar-refractivity contribution in [3.8, 4) is 0 Å². The van der Waals surface area contributed by atoms with Crippen LogP contribution >= 0.6 is 0 Å². The Labute approximate surface area is 121 Å². The Morgan fingerprint density at radius 3 is 2.80 bits per heavy atom. The second-order valence-corrected chi connectivity index (χ2v) is 6.74. The molecule has 3 nitrogen and oxygen atoms in total. The molecule has 20 heavy (non-hydrogen) atoms. The maximum Gasteiger partial charge on any atom is 0.228 e. The fraction of sp³-hybridized carbons (Fsp3) is 0.588. The van der Waals surface area contributed by atoms with Crippen molar-refractivity contribution in [2.45, 2.75) is 45.7 Å². The molecule has 108 valence electrons. The van der Waals surface area contributed by atoms with E-state index < -0.39 is 0 Å². The van der Waals surface area contributed by atoms with Gasteiger partial charge in [0.15, 0.2) is 0 Å². The number of hydrogen-bond donors (Lipinski definition) is 1. The highest BCUT2D eigenvalue weighted by atomic mass is 16.2. The molecular formula is C17H24N2O. The van der Waals surface area contributed by atoms with Gasteiger partial charge in [-0.15, -0.1) is 0 Å². The van der Waals surface area contributed by atoms with E-state index in [-0.39, 0.29) is 11.5 Å². The number of nitrogens with one attached hydrogen (secondary N) is 1. The number of nitrogens with zero attached hydrogens (tertiary/aromatic N) is 1. The van der Waals surface area contributed by atoms with E-state index in [1.54, 1.807) is 0 Å². The van der Waals surface area contributed by atoms with E-state index in [4.69, 9.17) is 0 Å². The molecule has 1 saturated carbocycles. The van der Waals surface area contributed by atoms with E-state index >= 15 is 0 Å². The van der Waals surface area contributed by atoms with Crippen LogP contribution in [-0.2, 0) is 4.79 Å². The number of aryl methyl sites for hydroxylation is 1. The Morgan fingerprint density at radius 2 is 2.15 bits per heavy atom. The van der Waals surface area contributed by atoms with Crippen molar-refractivity contribution in [2.75, 3.05) is 13.1 Å². The third kappa shape index (κ3) is 2.47. The van der Waals surface area contributed by atoms with Crippen molar-refractivity contribution in [3.05, 3.63) is 35.4 Å². The van der Waals surface area contributed by atoms with Gasteiger partial charge < -0.3 is 10.2 Å². The standard InChI is InChI=1S/C17H24N2O/c1-12-5-4-6-14(9-12)15-11-19(13(2)10-18-15)16(20)17(3)7-8-17/h4-6,9,13,15,18H,7-8,10-11H2,1-3H3/t13-,15?/m1/s1. The Hall–Kier alpha value is -1.35. The van der Waals surface area contributed by atoms with Crippen LogP contribution in [0.5, 0.6) is 0 Å². The Balaban J connectivity index is 1.77. The zero-order valence-corrected chi connectivity index (χ0v) is 12.6. The highest BCUT2D eigenvalue weighted by Gasteiger charge is 2.48.